The highest BCUT2D eigenvalue weighted by Crippen LogP contribution is 2.40. The van der Waals surface area contributed by atoms with Crippen molar-refractivity contribution >= 4 is 11.6 Å². The van der Waals surface area contributed by atoms with Crippen molar-refractivity contribution in [3.05, 3.63) is 63.9 Å². The molecule has 1 unspecified atom stereocenters. The average Bonchev–Trinajstić information content (AvgIpc) is 2.48. The SMILES string of the molecule is COc1ccc2c(c1)CC(O)(c1cc(F)ccc1Cl)CC2. The molecule has 0 spiro atoms. The van der Waals surface area contributed by atoms with Crippen molar-refractivity contribution in [1.82, 2.24) is 0 Å². The number of methoxy groups -OCH3 is 1. The van der Waals surface area contributed by atoms with E-state index in [-0.39, 0.29) is 5.82 Å². The lowest BCUT2D eigenvalue weighted by atomic mass is 9.76. The summed E-state index contributed by atoms with van der Waals surface area (Å²) in [5.41, 5.74) is 1.52. The first-order valence-corrected chi connectivity index (χ1v) is 7.23. The number of aliphatic hydroxyl groups is 1. The number of fused-ring (bicyclic) bond motifs is 1. The second-order valence-corrected chi connectivity index (χ2v) is 5.87. The summed E-state index contributed by atoms with van der Waals surface area (Å²) >= 11 is 6.15. The summed E-state index contributed by atoms with van der Waals surface area (Å²) in [4.78, 5) is 0. The fourth-order valence-electron chi connectivity index (χ4n) is 2.97. The maximum atomic E-state index is 13.5. The van der Waals surface area contributed by atoms with Gasteiger partial charge in [0.25, 0.3) is 0 Å². The summed E-state index contributed by atoms with van der Waals surface area (Å²) in [6.45, 7) is 0. The number of aryl methyl sites for hydroxylation is 1. The van der Waals surface area contributed by atoms with Gasteiger partial charge in [0.15, 0.2) is 0 Å². The Labute approximate surface area is 128 Å². The highest BCUT2D eigenvalue weighted by molar-refractivity contribution is 6.31. The van der Waals surface area contributed by atoms with Gasteiger partial charge < -0.3 is 9.84 Å². The van der Waals surface area contributed by atoms with Crippen molar-refractivity contribution < 1.29 is 14.2 Å². The Kier molecular flexibility index (Phi) is 3.64. The molecule has 0 heterocycles. The fraction of sp³-hybridized carbons (Fsp3) is 0.294. The molecule has 21 heavy (non-hydrogen) atoms. The van der Waals surface area contributed by atoms with Crippen LogP contribution in [0.15, 0.2) is 36.4 Å². The molecule has 0 saturated heterocycles. The Morgan fingerprint density at radius 1 is 1.19 bits per heavy atom. The van der Waals surface area contributed by atoms with Gasteiger partial charge in [-0.15, -0.1) is 0 Å². The van der Waals surface area contributed by atoms with E-state index in [2.05, 4.69) is 0 Å². The molecule has 0 aromatic heterocycles. The molecule has 1 aliphatic rings. The third-order valence-electron chi connectivity index (χ3n) is 4.13. The van der Waals surface area contributed by atoms with E-state index in [1.807, 2.05) is 18.2 Å². The normalized spacial score (nSPS) is 21.0. The molecule has 110 valence electrons. The van der Waals surface area contributed by atoms with E-state index in [0.29, 0.717) is 23.4 Å². The Morgan fingerprint density at radius 3 is 2.76 bits per heavy atom. The number of hydrogen-bond donors (Lipinski definition) is 1. The van der Waals surface area contributed by atoms with Gasteiger partial charge in [0.2, 0.25) is 0 Å². The molecule has 1 atom stereocenters. The Balaban J connectivity index is 2.02. The van der Waals surface area contributed by atoms with Crippen LogP contribution >= 0.6 is 11.6 Å². The van der Waals surface area contributed by atoms with Crippen LogP contribution in [0.2, 0.25) is 5.02 Å². The first-order valence-electron chi connectivity index (χ1n) is 6.85. The standard InChI is InChI=1S/C17H16ClFO2/c1-21-14-4-2-11-6-7-17(20,10-12(11)8-14)15-9-13(19)3-5-16(15)18/h2-5,8-9,20H,6-7,10H2,1H3. The maximum absolute atomic E-state index is 13.5. The first kappa shape index (κ1) is 14.4. The van der Waals surface area contributed by atoms with Crippen molar-refractivity contribution in [2.75, 3.05) is 7.11 Å². The van der Waals surface area contributed by atoms with Crippen molar-refractivity contribution in [3.8, 4) is 5.75 Å². The van der Waals surface area contributed by atoms with Gasteiger partial charge in [-0.05, 0) is 54.3 Å². The fourth-order valence-corrected chi connectivity index (χ4v) is 3.26. The second-order valence-electron chi connectivity index (χ2n) is 5.47. The van der Waals surface area contributed by atoms with Crippen molar-refractivity contribution in [2.24, 2.45) is 0 Å². The predicted molar refractivity (Wildman–Crippen MR) is 80.3 cm³/mol. The Hall–Kier alpha value is -1.58. The summed E-state index contributed by atoms with van der Waals surface area (Å²) in [7, 11) is 1.61. The molecule has 2 aromatic rings. The average molecular weight is 307 g/mol. The minimum Gasteiger partial charge on any atom is -0.497 e. The summed E-state index contributed by atoms with van der Waals surface area (Å²) in [6, 6.07) is 9.97. The van der Waals surface area contributed by atoms with E-state index in [9.17, 15) is 9.50 Å². The molecule has 0 fully saturated rings. The molecule has 0 radical (unpaired) electrons. The number of hydrogen-bond acceptors (Lipinski definition) is 2. The van der Waals surface area contributed by atoms with Gasteiger partial charge in [0.1, 0.15) is 11.6 Å². The van der Waals surface area contributed by atoms with Crippen LogP contribution in [0.5, 0.6) is 5.75 Å². The molecule has 1 aliphatic carbocycles. The number of halogens is 2. The Bertz CT molecular complexity index is 686. The van der Waals surface area contributed by atoms with Gasteiger partial charge in [-0.25, -0.2) is 4.39 Å². The van der Waals surface area contributed by atoms with E-state index in [1.54, 1.807) is 7.11 Å². The molecule has 0 amide bonds. The van der Waals surface area contributed by atoms with Crippen LogP contribution in [0, 0.1) is 5.82 Å². The van der Waals surface area contributed by atoms with E-state index in [1.165, 1.54) is 23.8 Å². The number of rotatable bonds is 2. The molecular weight excluding hydrogens is 291 g/mol. The second kappa shape index (κ2) is 5.32. The summed E-state index contributed by atoms with van der Waals surface area (Å²) in [5.74, 6) is 0.364. The number of benzene rings is 2. The quantitative estimate of drug-likeness (QED) is 0.913. The van der Waals surface area contributed by atoms with Crippen LogP contribution in [0.4, 0.5) is 4.39 Å². The van der Waals surface area contributed by atoms with Crippen LogP contribution in [0.1, 0.15) is 23.1 Å². The summed E-state index contributed by atoms with van der Waals surface area (Å²) in [6.07, 6.45) is 1.65. The van der Waals surface area contributed by atoms with Gasteiger partial charge in [0.05, 0.1) is 12.7 Å². The highest BCUT2D eigenvalue weighted by atomic mass is 35.5. The van der Waals surface area contributed by atoms with Crippen molar-refractivity contribution in [2.45, 2.75) is 24.9 Å². The molecule has 0 aliphatic heterocycles. The molecule has 1 N–H and O–H groups in total. The largest absolute Gasteiger partial charge is 0.497 e. The lowest BCUT2D eigenvalue weighted by Crippen LogP contribution is -2.33. The van der Waals surface area contributed by atoms with E-state index in [0.717, 1.165) is 17.7 Å². The van der Waals surface area contributed by atoms with Gasteiger partial charge in [0, 0.05) is 17.0 Å². The molecular formula is C17H16ClFO2. The van der Waals surface area contributed by atoms with Crippen LogP contribution in [0.25, 0.3) is 0 Å². The molecule has 2 nitrogen and oxygen atoms in total. The van der Waals surface area contributed by atoms with Gasteiger partial charge >= 0.3 is 0 Å². The lowest BCUT2D eigenvalue weighted by molar-refractivity contribution is 0.0220. The third-order valence-corrected chi connectivity index (χ3v) is 4.46. The maximum Gasteiger partial charge on any atom is 0.123 e. The first-order chi connectivity index (χ1) is 10.0. The zero-order chi connectivity index (χ0) is 15.0. The third kappa shape index (κ3) is 2.63. The summed E-state index contributed by atoms with van der Waals surface area (Å²) in [5, 5.41) is 11.4. The van der Waals surface area contributed by atoms with Crippen LogP contribution in [0.3, 0.4) is 0 Å². The zero-order valence-corrected chi connectivity index (χ0v) is 12.5. The van der Waals surface area contributed by atoms with Crippen LogP contribution < -0.4 is 4.74 Å². The molecule has 2 aromatic carbocycles. The van der Waals surface area contributed by atoms with Gasteiger partial charge in [-0.3, -0.25) is 0 Å². The van der Waals surface area contributed by atoms with E-state index in [4.69, 9.17) is 16.3 Å². The van der Waals surface area contributed by atoms with Gasteiger partial charge in [-0.1, -0.05) is 17.7 Å². The summed E-state index contributed by atoms with van der Waals surface area (Å²) < 4.78 is 18.7. The molecule has 4 heteroatoms. The minimum absolute atomic E-state index is 0.390. The zero-order valence-electron chi connectivity index (χ0n) is 11.7. The van der Waals surface area contributed by atoms with Crippen LogP contribution in [-0.2, 0) is 18.4 Å². The smallest absolute Gasteiger partial charge is 0.123 e. The topological polar surface area (TPSA) is 29.5 Å². The van der Waals surface area contributed by atoms with Crippen LogP contribution in [-0.4, -0.2) is 12.2 Å². The Morgan fingerprint density at radius 2 is 2.00 bits per heavy atom. The van der Waals surface area contributed by atoms with Gasteiger partial charge in [-0.2, -0.15) is 0 Å². The van der Waals surface area contributed by atoms with Crippen molar-refractivity contribution in [1.29, 1.82) is 0 Å². The molecule has 0 saturated carbocycles. The monoisotopic (exact) mass is 306 g/mol. The highest BCUT2D eigenvalue weighted by Gasteiger charge is 2.35. The molecule has 0 bridgehead atoms. The lowest BCUT2D eigenvalue weighted by Gasteiger charge is -2.34. The predicted octanol–water partition coefficient (Wildman–Crippen LogP) is 3.86. The van der Waals surface area contributed by atoms with E-state index >= 15 is 0 Å². The van der Waals surface area contributed by atoms with Crippen molar-refractivity contribution in [3.63, 3.8) is 0 Å². The number of ether oxygens (including phenoxy) is 1. The van der Waals surface area contributed by atoms with E-state index < -0.39 is 5.60 Å². The minimum atomic E-state index is -1.14. The molecule has 3 rings (SSSR count).